The minimum Gasteiger partial charge on any atom is -0.339 e. The normalized spacial score (nSPS) is 19.1. The van der Waals surface area contributed by atoms with Crippen LogP contribution in [0.1, 0.15) is 36.5 Å². The average molecular weight is 393 g/mol. The van der Waals surface area contributed by atoms with Crippen LogP contribution in [0.25, 0.3) is 0 Å². The molecule has 0 saturated carbocycles. The molecule has 3 rings (SSSR count). The van der Waals surface area contributed by atoms with Gasteiger partial charge in [0.1, 0.15) is 0 Å². The van der Waals surface area contributed by atoms with Crippen LogP contribution in [0.3, 0.4) is 0 Å². The number of carbonyl (C=O) groups is 1. The molecule has 2 unspecified atom stereocenters. The zero-order valence-electron chi connectivity index (χ0n) is 14.0. The van der Waals surface area contributed by atoms with Crippen molar-refractivity contribution in [1.82, 2.24) is 15.5 Å². The van der Waals surface area contributed by atoms with Crippen LogP contribution in [0.15, 0.2) is 27.2 Å². The highest BCUT2D eigenvalue weighted by atomic mass is 79.9. The Morgan fingerprint density at radius 2 is 2.29 bits per heavy atom. The second-order valence-electron chi connectivity index (χ2n) is 6.28. The molecule has 2 atom stereocenters. The van der Waals surface area contributed by atoms with Gasteiger partial charge in [-0.2, -0.15) is 4.98 Å². The summed E-state index contributed by atoms with van der Waals surface area (Å²) in [6, 6.07) is 6.21. The summed E-state index contributed by atoms with van der Waals surface area (Å²) in [5, 5.41) is 7.18. The van der Waals surface area contributed by atoms with Crippen molar-refractivity contribution >= 4 is 27.5 Å². The molecule has 1 aliphatic heterocycles. The van der Waals surface area contributed by atoms with Crippen molar-refractivity contribution in [3.63, 3.8) is 0 Å². The lowest BCUT2D eigenvalue weighted by Crippen LogP contribution is -2.24. The Balaban J connectivity index is 1.73. The number of aromatic nitrogens is 2. The first kappa shape index (κ1) is 17.1. The molecule has 1 saturated heterocycles. The number of rotatable bonds is 5. The predicted octanol–water partition coefficient (Wildman–Crippen LogP) is 2.81. The van der Waals surface area contributed by atoms with Crippen LogP contribution in [0.4, 0.5) is 5.69 Å². The lowest BCUT2D eigenvalue weighted by Gasteiger charge is -2.17. The number of nitrogens with zero attached hydrogens (tertiary/aromatic N) is 3. The zero-order valence-corrected chi connectivity index (χ0v) is 15.6. The molecule has 0 bridgehead atoms. The summed E-state index contributed by atoms with van der Waals surface area (Å²) in [7, 11) is 1.90. The summed E-state index contributed by atoms with van der Waals surface area (Å²) in [6.07, 6.45) is 1.11. The predicted molar refractivity (Wildman–Crippen MR) is 95.1 cm³/mol. The summed E-state index contributed by atoms with van der Waals surface area (Å²) in [5.74, 6) is 1.27. The largest absolute Gasteiger partial charge is 0.339 e. The van der Waals surface area contributed by atoms with Gasteiger partial charge in [0.05, 0.1) is 5.92 Å². The highest BCUT2D eigenvalue weighted by molar-refractivity contribution is 9.10. The van der Waals surface area contributed by atoms with Gasteiger partial charge in [0, 0.05) is 35.6 Å². The number of amides is 1. The highest BCUT2D eigenvalue weighted by Gasteiger charge is 2.35. The molecule has 6 nitrogen and oxygen atoms in total. The van der Waals surface area contributed by atoms with Gasteiger partial charge in [-0.05, 0) is 44.7 Å². The third-order valence-corrected chi connectivity index (χ3v) is 5.28. The van der Waals surface area contributed by atoms with Crippen molar-refractivity contribution in [2.75, 3.05) is 18.5 Å². The maximum Gasteiger partial charge on any atom is 0.232 e. The maximum atomic E-state index is 12.4. The van der Waals surface area contributed by atoms with E-state index in [1.165, 1.54) is 0 Å². The number of carbonyl (C=O) groups excluding carboxylic acids is 1. The van der Waals surface area contributed by atoms with Crippen LogP contribution in [0.5, 0.6) is 0 Å². The first-order valence-electron chi connectivity index (χ1n) is 8.04. The fraction of sp³-hybridized carbons (Fsp3) is 0.471. The molecule has 1 aliphatic rings. The van der Waals surface area contributed by atoms with Crippen LogP contribution < -0.4 is 10.2 Å². The number of anilines is 1. The quantitative estimate of drug-likeness (QED) is 0.846. The number of hydrogen-bond donors (Lipinski definition) is 1. The third-order valence-electron chi connectivity index (χ3n) is 4.39. The molecule has 2 aromatic rings. The average Bonchev–Trinajstić information content (AvgIpc) is 3.16. The topological polar surface area (TPSA) is 71.3 Å². The van der Waals surface area contributed by atoms with Crippen LogP contribution in [-0.2, 0) is 11.2 Å². The number of aryl methyl sites for hydroxylation is 1. The first-order valence-corrected chi connectivity index (χ1v) is 8.83. The van der Waals surface area contributed by atoms with Crippen molar-refractivity contribution in [3.8, 4) is 0 Å². The molecule has 0 aliphatic carbocycles. The monoisotopic (exact) mass is 392 g/mol. The van der Waals surface area contributed by atoms with E-state index in [1.54, 1.807) is 4.90 Å². The molecule has 1 aromatic heterocycles. The van der Waals surface area contributed by atoms with E-state index < -0.39 is 0 Å². The molecule has 1 N–H and O–H groups in total. The molecular weight excluding hydrogens is 372 g/mol. The minimum absolute atomic E-state index is 0.0485. The highest BCUT2D eigenvalue weighted by Crippen LogP contribution is 2.32. The Labute approximate surface area is 149 Å². The fourth-order valence-corrected chi connectivity index (χ4v) is 3.06. The molecule has 128 valence electrons. The molecule has 24 heavy (non-hydrogen) atoms. The van der Waals surface area contributed by atoms with Crippen molar-refractivity contribution in [3.05, 3.63) is 40.0 Å². The van der Waals surface area contributed by atoms with Crippen molar-refractivity contribution in [1.29, 1.82) is 0 Å². The van der Waals surface area contributed by atoms with E-state index in [0.717, 1.165) is 15.7 Å². The summed E-state index contributed by atoms with van der Waals surface area (Å²) in [4.78, 5) is 18.7. The van der Waals surface area contributed by atoms with Gasteiger partial charge in [-0.1, -0.05) is 21.1 Å². The number of hydrogen-bond acceptors (Lipinski definition) is 5. The van der Waals surface area contributed by atoms with Crippen LogP contribution in [0.2, 0.25) is 0 Å². The summed E-state index contributed by atoms with van der Waals surface area (Å²) in [6.45, 7) is 4.65. The molecule has 1 amide bonds. The van der Waals surface area contributed by atoms with Gasteiger partial charge in [0.2, 0.25) is 11.8 Å². The zero-order chi connectivity index (χ0) is 17.3. The number of nitrogens with one attached hydrogen (secondary N) is 1. The van der Waals surface area contributed by atoms with E-state index >= 15 is 0 Å². The van der Waals surface area contributed by atoms with Crippen LogP contribution >= 0.6 is 15.9 Å². The van der Waals surface area contributed by atoms with E-state index in [0.29, 0.717) is 31.1 Å². The Kier molecular flexibility index (Phi) is 5.01. The summed E-state index contributed by atoms with van der Waals surface area (Å²) >= 11 is 3.49. The summed E-state index contributed by atoms with van der Waals surface area (Å²) < 4.78 is 6.43. The van der Waals surface area contributed by atoms with E-state index in [-0.39, 0.29) is 17.9 Å². The van der Waals surface area contributed by atoms with E-state index in [2.05, 4.69) is 38.3 Å². The SMILES string of the molecule is CNC(C)Cc1noc(C2CC(=O)N(c3ccc(Br)c(C)c3)C2)n1. The fourth-order valence-electron chi connectivity index (χ4n) is 2.81. The molecule has 1 fully saturated rings. The van der Waals surface area contributed by atoms with Crippen molar-refractivity contribution in [2.45, 2.75) is 38.6 Å². The minimum atomic E-state index is -0.0485. The maximum absolute atomic E-state index is 12.4. The Hall–Kier alpha value is -1.73. The number of likely N-dealkylation sites (N-methyl/N-ethyl adjacent to an activating group) is 1. The van der Waals surface area contributed by atoms with Crippen LogP contribution in [-0.4, -0.2) is 35.7 Å². The number of benzene rings is 1. The standard InChI is InChI=1S/C17H21BrN4O2/c1-10-6-13(4-5-14(10)18)22-9-12(8-16(22)23)17-20-15(21-24-17)7-11(2)19-3/h4-6,11-12,19H,7-9H2,1-3H3. The Morgan fingerprint density at radius 3 is 3.00 bits per heavy atom. The van der Waals surface area contributed by atoms with Gasteiger partial charge >= 0.3 is 0 Å². The smallest absolute Gasteiger partial charge is 0.232 e. The molecular formula is C17H21BrN4O2. The van der Waals surface area contributed by atoms with E-state index in [9.17, 15) is 4.79 Å². The number of halogens is 1. The summed E-state index contributed by atoms with van der Waals surface area (Å²) in [5.41, 5.74) is 2.01. The van der Waals surface area contributed by atoms with Gasteiger partial charge in [0.15, 0.2) is 5.82 Å². The van der Waals surface area contributed by atoms with Gasteiger partial charge in [0.25, 0.3) is 0 Å². The molecule has 7 heteroatoms. The van der Waals surface area contributed by atoms with Gasteiger partial charge in [-0.15, -0.1) is 0 Å². The first-order chi connectivity index (χ1) is 11.5. The second kappa shape index (κ2) is 7.03. The lowest BCUT2D eigenvalue weighted by molar-refractivity contribution is -0.117. The van der Waals surface area contributed by atoms with Crippen molar-refractivity contribution < 1.29 is 9.32 Å². The van der Waals surface area contributed by atoms with Gasteiger partial charge in [-0.3, -0.25) is 4.79 Å². The Bertz CT molecular complexity index is 746. The van der Waals surface area contributed by atoms with Crippen LogP contribution in [0, 0.1) is 6.92 Å². The van der Waals surface area contributed by atoms with Crippen molar-refractivity contribution in [2.24, 2.45) is 0 Å². The van der Waals surface area contributed by atoms with E-state index in [4.69, 9.17) is 4.52 Å². The lowest BCUT2D eigenvalue weighted by atomic mass is 10.1. The molecule has 1 aromatic carbocycles. The molecule has 2 heterocycles. The van der Waals surface area contributed by atoms with Gasteiger partial charge in [-0.25, -0.2) is 0 Å². The molecule has 0 radical (unpaired) electrons. The Morgan fingerprint density at radius 1 is 1.50 bits per heavy atom. The second-order valence-corrected chi connectivity index (χ2v) is 7.14. The van der Waals surface area contributed by atoms with E-state index in [1.807, 2.05) is 32.2 Å². The molecule has 0 spiro atoms. The third kappa shape index (κ3) is 3.52. The van der Waals surface area contributed by atoms with Gasteiger partial charge < -0.3 is 14.7 Å².